The Morgan fingerprint density at radius 2 is 1.86 bits per heavy atom. The van der Waals surface area contributed by atoms with Crippen LogP contribution in [-0.2, 0) is 14.8 Å². The molecule has 0 aromatic heterocycles. The summed E-state index contributed by atoms with van der Waals surface area (Å²) in [6.45, 7) is 2.42. The fourth-order valence-electron chi connectivity index (χ4n) is 2.92. The van der Waals surface area contributed by atoms with Gasteiger partial charge in [-0.15, -0.1) is 0 Å². The quantitative estimate of drug-likeness (QED) is 0.791. The van der Waals surface area contributed by atoms with E-state index in [4.69, 9.17) is 14.2 Å². The number of sulfonamides is 1. The van der Waals surface area contributed by atoms with Crippen LogP contribution in [0.25, 0.3) is 0 Å². The van der Waals surface area contributed by atoms with Crippen LogP contribution in [0.15, 0.2) is 42.5 Å². The lowest BCUT2D eigenvalue weighted by Crippen LogP contribution is -2.45. The molecule has 2 aromatic rings. The smallest absolute Gasteiger partial charge is 0.247 e. The fourth-order valence-corrected chi connectivity index (χ4v) is 4.09. The van der Waals surface area contributed by atoms with E-state index in [0.717, 1.165) is 10.6 Å². The average Bonchev–Trinajstić information content (AvgIpc) is 2.67. The summed E-state index contributed by atoms with van der Waals surface area (Å²) in [5.74, 6) is 1.14. The second-order valence-corrected chi connectivity index (χ2v) is 8.14. The number of methoxy groups -OCH3 is 1. The number of rotatable bonds is 6. The number of amides is 1. The van der Waals surface area contributed by atoms with E-state index < -0.39 is 22.0 Å². The number of ether oxygens (including phenoxy) is 3. The molecule has 1 heterocycles. The van der Waals surface area contributed by atoms with Gasteiger partial charge in [0.2, 0.25) is 15.9 Å². The molecule has 3 rings (SSSR count). The van der Waals surface area contributed by atoms with Crippen molar-refractivity contribution in [2.45, 2.75) is 13.0 Å². The number of benzene rings is 2. The molecule has 1 N–H and O–H groups in total. The molecule has 0 saturated carbocycles. The molecule has 0 aliphatic carbocycles. The summed E-state index contributed by atoms with van der Waals surface area (Å²) in [6.07, 6.45) is 1.06. The molecule has 0 radical (unpaired) electrons. The lowest BCUT2D eigenvalue weighted by atomic mass is 10.2. The predicted molar refractivity (Wildman–Crippen MR) is 106 cm³/mol. The first-order valence-electron chi connectivity index (χ1n) is 8.63. The van der Waals surface area contributed by atoms with Gasteiger partial charge in [0.1, 0.15) is 25.0 Å². The Morgan fingerprint density at radius 3 is 2.54 bits per heavy atom. The SMILES string of the molecule is COc1cccc(N(C(C)C(=O)Nc2ccc3c(c2)OCCO3)S(C)(=O)=O)c1. The molecular weight excluding hydrogens is 384 g/mol. The van der Waals surface area contributed by atoms with Crippen LogP contribution < -0.4 is 23.8 Å². The number of hydrogen-bond acceptors (Lipinski definition) is 6. The minimum atomic E-state index is -3.72. The zero-order valence-corrected chi connectivity index (χ0v) is 16.7. The van der Waals surface area contributed by atoms with Crippen molar-refractivity contribution < 1.29 is 27.4 Å². The van der Waals surface area contributed by atoms with Crippen molar-refractivity contribution in [3.63, 3.8) is 0 Å². The minimum Gasteiger partial charge on any atom is -0.497 e. The molecule has 9 heteroatoms. The molecular formula is C19H22N2O6S. The topological polar surface area (TPSA) is 94.2 Å². The Labute approximate surface area is 164 Å². The summed E-state index contributed by atoms with van der Waals surface area (Å²) in [5, 5.41) is 2.73. The number of carbonyl (C=O) groups is 1. The van der Waals surface area contributed by atoms with E-state index in [0.29, 0.717) is 41.8 Å². The zero-order valence-electron chi connectivity index (χ0n) is 15.8. The van der Waals surface area contributed by atoms with Crippen molar-refractivity contribution in [2.75, 3.05) is 36.2 Å². The van der Waals surface area contributed by atoms with Crippen molar-refractivity contribution in [3.05, 3.63) is 42.5 Å². The van der Waals surface area contributed by atoms with Crippen LogP contribution in [0.1, 0.15) is 6.92 Å². The molecule has 0 saturated heterocycles. The summed E-state index contributed by atoms with van der Waals surface area (Å²) >= 11 is 0. The van der Waals surface area contributed by atoms with Gasteiger partial charge in [0, 0.05) is 17.8 Å². The maximum Gasteiger partial charge on any atom is 0.247 e. The fraction of sp³-hybridized carbons (Fsp3) is 0.316. The van der Waals surface area contributed by atoms with E-state index in [9.17, 15) is 13.2 Å². The summed E-state index contributed by atoms with van der Waals surface area (Å²) in [5.41, 5.74) is 0.826. The van der Waals surface area contributed by atoms with Crippen LogP contribution in [0.2, 0.25) is 0 Å². The van der Waals surface area contributed by atoms with E-state index in [1.54, 1.807) is 42.5 Å². The third-order valence-corrected chi connectivity index (χ3v) is 5.45. The van der Waals surface area contributed by atoms with Gasteiger partial charge in [0.25, 0.3) is 0 Å². The van der Waals surface area contributed by atoms with E-state index in [1.165, 1.54) is 14.0 Å². The molecule has 8 nitrogen and oxygen atoms in total. The van der Waals surface area contributed by atoms with Gasteiger partial charge in [-0.2, -0.15) is 0 Å². The first kappa shape index (κ1) is 19.8. The Kier molecular flexibility index (Phi) is 5.64. The molecule has 1 aliphatic rings. The van der Waals surface area contributed by atoms with E-state index in [1.807, 2.05) is 0 Å². The number of nitrogens with zero attached hydrogens (tertiary/aromatic N) is 1. The molecule has 1 atom stereocenters. The number of fused-ring (bicyclic) bond motifs is 1. The first-order valence-corrected chi connectivity index (χ1v) is 10.5. The molecule has 1 unspecified atom stereocenters. The highest BCUT2D eigenvalue weighted by Gasteiger charge is 2.29. The highest BCUT2D eigenvalue weighted by atomic mass is 32.2. The van der Waals surface area contributed by atoms with E-state index in [-0.39, 0.29) is 0 Å². The van der Waals surface area contributed by atoms with E-state index in [2.05, 4.69) is 5.32 Å². The number of anilines is 2. The second-order valence-electron chi connectivity index (χ2n) is 6.28. The van der Waals surface area contributed by atoms with E-state index >= 15 is 0 Å². The van der Waals surface area contributed by atoms with Crippen LogP contribution in [-0.4, -0.2) is 46.9 Å². The summed E-state index contributed by atoms with van der Waals surface area (Å²) in [7, 11) is -2.23. The first-order chi connectivity index (χ1) is 13.3. The van der Waals surface area contributed by atoms with Gasteiger partial charge in [0.15, 0.2) is 11.5 Å². The standard InChI is InChI=1S/C19H22N2O6S/c1-13(21(28(3,23)24)15-5-4-6-16(12-15)25-2)19(22)20-14-7-8-17-18(11-14)27-10-9-26-17/h4-8,11-13H,9-10H2,1-3H3,(H,20,22). The van der Waals surface area contributed by atoms with Crippen molar-refractivity contribution in [1.82, 2.24) is 0 Å². The largest absolute Gasteiger partial charge is 0.497 e. The van der Waals surface area contributed by atoms with Crippen LogP contribution in [0.4, 0.5) is 11.4 Å². The molecule has 1 aliphatic heterocycles. The average molecular weight is 406 g/mol. The molecule has 28 heavy (non-hydrogen) atoms. The predicted octanol–water partition coefficient (Wildman–Crippen LogP) is 2.26. The molecule has 1 amide bonds. The number of carbonyl (C=O) groups excluding carboxylic acids is 1. The molecule has 0 fully saturated rings. The molecule has 2 aromatic carbocycles. The highest BCUT2D eigenvalue weighted by molar-refractivity contribution is 7.92. The van der Waals surface area contributed by atoms with Gasteiger partial charge < -0.3 is 19.5 Å². The van der Waals surface area contributed by atoms with Crippen molar-refractivity contribution >= 4 is 27.3 Å². The summed E-state index contributed by atoms with van der Waals surface area (Å²) < 4.78 is 42.0. The van der Waals surface area contributed by atoms with Crippen LogP contribution in [0.3, 0.4) is 0 Å². The molecule has 0 bridgehead atoms. The lowest BCUT2D eigenvalue weighted by Gasteiger charge is -2.28. The van der Waals surface area contributed by atoms with Crippen molar-refractivity contribution in [2.24, 2.45) is 0 Å². The van der Waals surface area contributed by atoms with Gasteiger partial charge >= 0.3 is 0 Å². The van der Waals surface area contributed by atoms with Crippen molar-refractivity contribution in [1.29, 1.82) is 0 Å². The van der Waals surface area contributed by atoms with Gasteiger partial charge in [0.05, 0.1) is 19.1 Å². The Bertz CT molecular complexity index is 976. The monoisotopic (exact) mass is 406 g/mol. The number of hydrogen-bond donors (Lipinski definition) is 1. The lowest BCUT2D eigenvalue weighted by molar-refractivity contribution is -0.116. The summed E-state index contributed by atoms with van der Waals surface area (Å²) in [6, 6.07) is 10.6. The molecule has 0 spiro atoms. The minimum absolute atomic E-state index is 0.340. The maximum atomic E-state index is 12.8. The summed E-state index contributed by atoms with van der Waals surface area (Å²) in [4.78, 5) is 12.8. The maximum absolute atomic E-state index is 12.8. The normalized spacial score (nSPS) is 14.1. The highest BCUT2D eigenvalue weighted by Crippen LogP contribution is 2.33. The van der Waals surface area contributed by atoms with Crippen molar-refractivity contribution in [3.8, 4) is 17.2 Å². The Hall–Kier alpha value is -2.94. The second kappa shape index (κ2) is 7.97. The van der Waals surface area contributed by atoms with Crippen LogP contribution >= 0.6 is 0 Å². The van der Waals surface area contributed by atoms with Crippen LogP contribution in [0.5, 0.6) is 17.2 Å². The number of nitrogens with one attached hydrogen (secondary N) is 1. The van der Waals surface area contributed by atoms with Gasteiger partial charge in [-0.05, 0) is 31.2 Å². The third-order valence-electron chi connectivity index (χ3n) is 4.21. The Balaban J connectivity index is 1.84. The van der Waals surface area contributed by atoms with Gasteiger partial charge in [-0.25, -0.2) is 8.42 Å². The van der Waals surface area contributed by atoms with Crippen LogP contribution in [0, 0.1) is 0 Å². The third kappa shape index (κ3) is 4.30. The Morgan fingerprint density at radius 1 is 1.14 bits per heavy atom. The zero-order chi connectivity index (χ0) is 20.3. The molecule has 150 valence electrons. The van der Waals surface area contributed by atoms with Gasteiger partial charge in [-0.1, -0.05) is 6.07 Å². The van der Waals surface area contributed by atoms with Gasteiger partial charge in [-0.3, -0.25) is 9.10 Å².